The largest absolute Gasteiger partial charge is 0.462 e. The second-order valence-corrected chi connectivity index (χ2v) is 14.6. The van der Waals surface area contributed by atoms with E-state index < -0.39 is 55.4 Å². The Hall–Kier alpha value is -2.86. The highest BCUT2D eigenvalue weighted by Gasteiger charge is 2.44. The lowest BCUT2D eigenvalue weighted by Crippen LogP contribution is -2.59. The average molecular weight is 835 g/mol. The van der Waals surface area contributed by atoms with E-state index in [1.165, 1.54) is 0 Å². The Bertz CT molecular complexity index is 1050. The van der Waals surface area contributed by atoms with Crippen LogP contribution in [-0.2, 0) is 28.5 Å². The topological polar surface area (TPSA) is 152 Å². The number of hydrogen-bond acceptors (Lipinski definition) is 10. The van der Waals surface area contributed by atoms with Gasteiger partial charge < -0.3 is 39.4 Å². The van der Waals surface area contributed by atoms with Crippen molar-refractivity contribution < 1.29 is 49.0 Å². The normalized spacial score (nSPS) is 20.1. The molecule has 1 aliphatic rings. The summed E-state index contributed by atoms with van der Waals surface area (Å²) in [4.78, 5) is 24.4. The van der Waals surface area contributed by atoms with Crippen molar-refractivity contribution in [2.45, 2.75) is 207 Å². The average Bonchev–Trinajstić information content (AvgIpc) is 3.23. The molecule has 0 aromatic heterocycles. The molecule has 0 aromatic rings. The summed E-state index contributed by atoms with van der Waals surface area (Å²) in [5.74, 6) is -0.838. The van der Waals surface area contributed by atoms with Crippen LogP contribution < -0.4 is 0 Å². The summed E-state index contributed by atoms with van der Waals surface area (Å²) in [5.41, 5.74) is 0. The third-order valence-corrected chi connectivity index (χ3v) is 9.02. The highest BCUT2D eigenvalue weighted by atomic mass is 16.7. The van der Waals surface area contributed by atoms with Crippen LogP contribution in [0.1, 0.15) is 170 Å². The standard InChI is InChI=1S/C25H46O10.2C12H20/c1-3-5-7-9-11-13-20(27)32-16-18(34-21(28)14-12-10-8-6-4-2)17-33-25-24(31)23(30)22(29)19(15-26)35-25;2*1-3-5-7-9-11-12-10-8-6-4-2/h18-19,22-26,29-31H,3-17H2,1-2H3;2*5-8,11-12H,3-4,9-10H2,1-2H3/b;2*7-5-,8-6-,12-11-/t18?,19?,22-,23+,24?,25+;;/m0../s1. The number of hydrogen-bond donors (Lipinski definition) is 4. The SMILES string of the molecule is CC/C=C\C/C=C\C/C=C\CC.CC/C=C\C/C=C\C/C=C\CC.CCCCCCCC(=O)OCC(CO[C@@H]1OC(CO)[C@H](O)[C@@H](O)C1O)OC(=O)CCCCCCC. The molecule has 4 N–H and O–H groups in total. The van der Waals surface area contributed by atoms with Crippen molar-refractivity contribution in [3.63, 3.8) is 0 Å². The van der Waals surface area contributed by atoms with E-state index in [0.29, 0.717) is 6.42 Å². The van der Waals surface area contributed by atoms with Gasteiger partial charge in [-0.3, -0.25) is 9.59 Å². The fraction of sp³-hybridized carbons (Fsp3) is 0.714. The minimum atomic E-state index is -1.58. The molecule has 0 amide bonds. The number of aliphatic hydroxyl groups excluding tert-OH is 4. The van der Waals surface area contributed by atoms with Crippen LogP contribution in [0, 0.1) is 0 Å². The first-order valence-electron chi connectivity index (χ1n) is 22.8. The maximum absolute atomic E-state index is 12.3. The van der Waals surface area contributed by atoms with E-state index >= 15 is 0 Å². The Kier molecular flexibility index (Phi) is 44.1. The summed E-state index contributed by atoms with van der Waals surface area (Å²) in [6, 6.07) is 0. The van der Waals surface area contributed by atoms with Crippen LogP contribution in [0.5, 0.6) is 0 Å². The molecule has 59 heavy (non-hydrogen) atoms. The molecule has 10 nitrogen and oxygen atoms in total. The fourth-order valence-electron chi connectivity index (χ4n) is 5.52. The van der Waals surface area contributed by atoms with E-state index in [0.717, 1.165) is 109 Å². The molecule has 1 saturated heterocycles. The van der Waals surface area contributed by atoms with Gasteiger partial charge in [-0.15, -0.1) is 0 Å². The zero-order chi connectivity index (χ0) is 44.2. The number of carbonyl (C=O) groups is 2. The lowest BCUT2D eigenvalue weighted by atomic mass is 9.99. The van der Waals surface area contributed by atoms with Gasteiger partial charge in [-0.1, -0.05) is 166 Å². The number of rotatable bonds is 31. The maximum atomic E-state index is 12.3. The Morgan fingerprint density at radius 2 is 0.932 bits per heavy atom. The first-order valence-corrected chi connectivity index (χ1v) is 22.8. The van der Waals surface area contributed by atoms with Crippen molar-refractivity contribution in [2.24, 2.45) is 0 Å². The second-order valence-electron chi connectivity index (χ2n) is 14.6. The Morgan fingerprint density at radius 1 is 0.525 bits per heavy atom. The third kappa shape index (κ3) is 36.7. The van der Waals surface area contributed by atoms with E-state index in [1.54, 1.807) is 0 Å². The van der Waals surface area contributed by atoms with Gasteiger partial charge in [-0.2, -0.15) is 0 Å². The molecule has 342 valence electrons. The summed E-state index contributed by atoms with van der Waals surface area (Å²) in [7, 11) is 0. The predicted molar refractivity (Wildman–Crippen MR) is 242 cm³/mol. The third-order valence-electron chi connectivity index (χ3n) is 9.02. The number of carbonyl (C=O) groups excluding carboxylic acids is 2. The fourth-order valence-corrected chi connectivity index (χ4v) is 5.52. The van der Waals surface area contributed by atoms with Gasteiger partial charge in [0, 0.05) is 12.8 Å². The molecule has 0 radical (unpaired) electrons. The van der Waals surface area contributed by atoms with Gasteiger partial charge in [-0.25, -0.2) is 0 Å². The van der Waals surface area contributed by atoms with E-state index in [2.05, 4.69) is 114 Å². The second kappa shape index (κ2) is 44.7. The minimum Gasteiger partial charge on any atom is -0.462 e. The first-order chi connectivity index (χ1) is 28.7. The van der Waals surface area contributed by atoms with E-state index in [4.69, 9.17) is 18.9 Å². The Balaban J connectivity index is 0. The Labute approximate surface area is 359 Å². The van der Waals surface area contributed by atoms with Crippen molar-refractivity contribution in [3.05, 3.63) is 72.9 Å². The van der Waals surface area contributed by atoms with Crippen molar-refractivity contribution in [3.8, 4) is 0 Å². The molecule has 3 unspecified atom stereocenters. The lowest BCUT2D eigenvalue weighted by Gasteiger charge is -2.39. The molecule has 6 atom stereocenters. The molecule has 0 aliphatic carbocycles. The van der Waals surface area contributed by atoms with Crippen LogP contribution in [0.15, 0.2) is 72.9 Å². The van der Waals surface area contributed by atoms with Gasteiger partial charge in [0.2, 0.25) is 0 Å². The summed E-state index contributed by atoms with van der Waals surface area (Å²) in [6.45, 7) is 11.8. The van der Waals surface area contributed by atoms with Gasteiger partial charge in [0.05, 0.1) is 13.2 Å². The zero-order valence-electron chi connectivity index (χ0n) is 37.9. The summed E-state index contributed by atoms with van der Waals surface area (Å²) in [5, 5.41) is 39.3. The molecule has 1 rings (SSSR count). The number of ether oxygens (including phenoxy) is 4. The molecule has 0 aromatic carbocycles. The zero-order valence-corrected chi connectivity index (χ0v) is 37.9. The van der Waals surface area contributed by atoms with Gasteiger partial charge in [0.15, 0.2) is 12.4 Å². The molecule has 1 fully saturated rings. The highest BCUT2D eigenvalue weighted by Crippen LogP contribution is 2.22. The highest BCUT2D eigenvalue weighted by molar-refractivity contribution is 5.70. The van der Waals surface area contributed by atoms with Crippen LogP contribution in [0.3, 0.4) is 0 Å². The van der Waals surface area contributed by atoms with Crippen molar-refractivity contribution in [2.75, 3.05) is 19.8 Å². The minimum absolute atomic E-state index is 0.215. The van der Waals surface area contributed by atoms with Crippen LogP contribution in [0.2, 0.25) is 0 Å². The molecule has 0 spiro atoms. The van der Waals surface area contributed by atoms with Crippen LogP contribution in [0.25, 0.3) is 0 Å². The van der Waals surface area contributed by atoms with Crippen LogP contribution >= 0.6 is 0 Å². The molecule has 10 heteroatoms. The summed E-state index contributed by atoms with van der Waals surface area (Å²) >= 11 is 0. The maximum Gasteiger partial charge on any atom is 0.306 e. The van der Waals surface area contributed by atoms with Gasteiger partial charge in [0.1, 0.15) is 31.0 Å². The number of allylic oxidation sites excluding steroid dienone is 12. The smallest absolute Gasteiger partial charge is 0.306 e. The predicted octanol–water partition coefficient (Wildman–Crippen LogP) is 10.5. The molecule has 0 bridgehead atoms. The lowest BCUT2D eigenvalue weighted by molar-refractivity contribution is -0.305. The number of esters is 2. The van der Waals surface area contributed by atoms with Crippen molar-refractivity contribution >= 4 is 11.9 Å². The van der Waals surface area contributed by atoms with E-state index in [1.807, 2.05) is 0 Å². The number of aliphatic hydroxyl groups is 4. The van der Waals surface area contributed by atoms with Crippen molar-refractivity contribution in [1.29, 1.82) is 0 Å². The Morgan fingerprint density at radius 3 is 1.34 bits per heavy atom. The van der Waals surface area contributed by atoms with Crippen LogP contribution in [-0.4, -0.2) is 89.0 Å². The van der Waals surface area contributed by atoms with Crippen LogP contribution in [0.4, 0.5) is 0 Å². The quantitative estimate of drug-likeness (QED) is 0.0302. The molecule has 1 aliphatic heterocycles. The van der Waals surface area contributed by atoms with E-state index in [9.17, 15) is 30.0 Å². The van der Waals surface area contributed by atoms with E-state index in [-0.39, 0.29) is 26.1 Å². The number of unbranched alkanes of at least 4 members (excludes halogenated alkanes) is 8. The monoisotopic (exact) mass is 835 g/mol. The van der Waals surface area contributed by atoms with Crippen molar-refractivity contribution in [1.82, 2.24) is 0 Å². The van der Waals surface area contributed by atoms with Gasteiger partial charge >= 0.3 is 11.9 Å². The van der Waals surface area contributed by atoms with Gasteiger partial charge in [-0.05, 0) is 64.2 Å². The molecular formula is C49H86O10. The molecule has 0 saturated carbocycles. The first kappa shape index (κ1) is 58.2. The summed E-state index contributed by atoms with van der Waals surface area (Å²) in [6.07, 6.45) is 37.6. The molecule has 1 heterocycles. The summed E-state index contributed by atoms with van der Waals surface area (Å²) < 4.78 is 21.6. The molecular weight excluding hydrogens is 749 g/mol. The van der Waals surface area contributed by atoms with Gasteiger partial charge in [0.25, 0.3) is 0 Å².